The van der Waals surface area contributed by atoms with Crippen molar-refractivity contribution in [2.24, 2.45) is 11.3 Å². The van der Waals surface area contributed by atoms with Gasteiger partial charge in [-0.1, -0.05) is 26.2 Å². The number of hydrogen-bond donors (Lipinski definition) is 1. The summed E-state index contributed by atoms with van der Waals surface area (Å²) < 4.78 is 0. The van der Waals surface area contributed by atoms with E-state index in [4.69, 9.17) is 0 Å². The van der Waals surface area contributed by atoms with Crippen LogP contribution in [0.1, 0.15) is 52.4 Å². The maximum absolute atomic E-state index is 10.6. The van der Waals surface area contributed by atoms with Gasteiger partial charge in [0.05, 0.1) is 17.1 Å². The molecule has 0 saturated heterocycles. The highest BCUT2D eigenvalue weighted by Gasteiger charge is 2.49. The van der Waals surface area contributed by atoms with Crippen LogP contribution in [-0.2, 0) is 4.79 Å². The Kier molecular flexibility index (Phi) is 4.09. The SMILES string of the molecule is CCC1CCCC(C#N)(C(C)(O)CC=O)C1. The standard InChI is InChI=1S/C13H21NO2/c1-3-11-5-4-6-13(9-11,10-14)12(2,16)7-8-15/h8,11,16H,3-7,9H2,1-2H3. The van der Waals surface area contributed by atoms with E-state index < -0.39 is 11.0 Å². The zero-order chi connectivity index (χ0) is 12.2. The lowest BCUT2D eigenvalue weighted by Gasteiger charge is -2.44. The minimum absolute atomic E-state index is 0.0526. The van der Waals surface area contributed by atoms with E-state index in [2.05, 4.69) is 13.0 Å². The molecule has 0 aromatic carbocycles. The van der Waals surface area contributed by atoms with E-state index in [1.165, 1.54) is 0 Å². The van der Waals surface area contributed by atoms with Gasteiger partial charge in [0.15, 0.2) is 0 Å². The summed E-state index contributed by atoms with van der Waals surface area (Å²) in [5.74, 6) is 0.506. The molecule has 0 radical (unpaired) electrons. The first-order valence-electron chi connectivity index (χ1n) is 6.08. The molecule has 0 aliphatic heterocycles. The summed E-state index contributed by atoms with van der Waals surface area (Å²) in [6.45, 7) is 3.75. The first kappa shape index (κ1) is 13.2. The number of nitrogens with zero attached hydrogens (tertiary/aromatic N) is 1. The molecule has 0 spiro atoms. The van der Waals surface area contributed by atoms with E-state index in [1.807, 2.05) is 0 Å². The van der Waals surface area contributed by atoms with Crippen LogP contribution >= 0.6 is 0 Å². The Labute approximate surface area is 97.5 Å². The van der Waals surface area contributed by atoms with Crippen LogP contribution in [0.25, 0.3) is 0 Å². The van der Waals surface area contributed by atoms with E-state index in [-0.39, 0.29) is 6.42 Å². The van der Waals surface area contributed by atoms with Crippen molar-refractivity contribution in [1.82, 2.24) is 0 Å². The average Bonchev–Trinajstić information content (AvgIpc) is 2.28. The number of carbonyl (C=O) groups is 1. The Morgan fingerprint density at radius 2 is 2.38 bits per heavy atom. The molecule has 3 unspecified atom stereocenters. The molecule has 3 nitrogen and oxygen atoms in total. The van der Waals surface area contributed by atoms with Crippen molar-refractivity contribution < 1.29 is 9.90 Å². The number of carbonyl (C=O) groups excluding carboxylic acids is 1. The fourth-order valence-corrected chi connectivity index (χ4v) is 2.81. The molecule has 1 saturated carbocycles. The minimum atomic E-state index is -1.18. The molecule has 3 atom stereocenters. The molecule has 1 fully saturated rings. The first-order valence-corrected chi connectivity index (χ1v) is 6.08. The summed E-state index contributed by atoms with van der Waals surface area (Å²) in [4.78, 5) is 10.6. The van der Waals surface area contributed by atoms with Crippen molar-refractivity contribution in [2.45, 2.75) is 58.0 Å². The molecule has 3 heteroatoms. The third-order valence-corrected chi connectivity index (χ3v) is 4.16. The second-order valence-electron chi connectivity index (χ2n) is 5.21. The van der Waals surface area contributed by atoms with Crippen LogP contribution in [0.2, 0.25) is 0 Å². The number of hydrogen-bond acceptors (Lipinski definition) is 3. The van der Waals surface area contributed by atoms with Gasteiger partial charge in [0.1, 0.15) is 6.29 Å². The lowest BCUT2D eigenvalue weighted by molar-refractivity contribution is -0.119. The van der Waals surface area contributed by atoms with E-state index in [9.17, 15) is 15.2 Å². The Morgan fingerprint density at radius 3 is 2.88 bits per heavy atom. The molecule has 1 aliphatic rings. The van der Waals surface area contributed by atoms with E-state index in [1.54, 1.807) is 6.92 Å². The number of nitriles is 1. The summed E-state index contributed by atoms with van der Waals surface area (Å²) in [6.07, 6.45) is 5.35. The Hall–Kier alpha value is -0.880. The van der Waals surface area contributed by atoms with Gasteiger partial charge in [-0.15, -0.1) is 0 Å². The van der Waals surface area contributed by atoms with Gasteiger partial charge in [0.25, 0.3) is 0 Å². The summed E-state index contributed by atoms with van der Waals surface area (Å²) >= 11 is 0. The molecular weight excluding hydrogens is 202 g/mol. The van der Waals surface area contributed by atoms with Crippen molar-refractivity contribution >= 4 is 6.29 Å². The molecule has 0 aromatic heterocycles. The van der Waals surface area contributed by atoms with Crippen LogP contribution in [0.4, 0.5) is 0 Å². The molecule has 16 heavy (non-hydrogen) atoms. The van der Waals surface area contributed by atoms with Crippen molar-refractivity contribution in [2.75, 3.05) is 0 Å². The highest BCUT2D eigenvalue weighted by atomic mass is 16.3. The van der Waals surface area contributed by atoms with Gasteiger partial charge in [-0.2, -0.15) is 5.26 Å². The van der Waals surface area contributed by atoms with Crippen LogP contribution in [-0.4, -0.2) is 17.0 Å². The summed E-state index contributed by atoms with van der Waals surface area (Å²) in [6, 6.07) is 2.30. The average molecular weight is 223 g/mol. The van der Waals surface area contributed by atoms with Gasteiger partial charge in [-0.05, 0) is 25.7 Å². The number of aliphatic hydroxyl groups is 1. The fourth-order valence-electron chi connectivity index (χ4n) is 2.81. The predicted octanol–water partition coefficient (Wildman–Crippen LogP) is 2.44. The highest BCUT2D eigenvalue weighted by molar-refractivity contribution is 5.52. The maximum atomic E-state index is 10.6. The Bertz CT molecular complexity index is 293. The first-order chi connectivity index (χ1) is 7.51. The zero-order valence-electron chi connectivity index (χ0n) is 10.2. The Balaban J connectivity index is 2.92. The van der Waals surface area contributed by atoms with Crippen LogP contribution in [0.3, 0.4) is 0 Å². The lowest BCUT2D eigenvalue weighted by atomic mass is 9.61. The highest BCUT2D eigenvalue weighted by Crippen LogP contribution is 2.48. The molecule has 1 rings (SSSR count). The summed E-state index contributed by atoms with van der Waals surface area (Å²) in [7, 11) is 0. The number of aldehydes is 1. The van der Waals surface area contributed by atoms with Gasteiger partial charge < -0.3 is 9.90 Å². The molecule has 0 amide bonds. The zero-order valence-corrected chi connectivity index (χ0v) is 10.2. The third-order valence-electron chi connectivity index (χ3n) is 4.16. The van der Waals surface area contributed by atoms with Gasteiger partial charge in [0.2, 0.25) is 0 Å². The molecule has 1 aliphatic carbocycles. The van der Waals surface area contributed by atoms with Crippen molar-refractivity contribution in [3.05, 3.63) is 0 Å². The molecule has 0 bridgehead atoms. The van der Waals surface area contributed by atoms with Crippen molar-refractivity contribution in [3.8, 4) is 6.07 Å². The Morgan fingerprint density at radius 1 is 1.69 bits per heavy atom. The summed E-state index contributed by atoms with van der Waals surface area (Å²) in [5, 5.41) is 19.7. The van der Waals surface area contributed by atoms with E-state index >= 15 is 0 Å². The fraction of sp³-hybridized carbons (Fsp3) is 0.846. The van der Waals surface area contributed by atoms with E-state index in [0.717, 1.165) is 25.7 Å². The topological polar surface area (TPSA) is 61.1 Å². The largest absolute Gasteiger partial charge is 0.388 e. The van der Waals surface area contributed by atoms with Gasteiger partial charge in [-0.25, -0.2) is 0 Å². The third kappa shape index (κ3) is 2.27. The smallest absolute Gasteiger partial charge is 0.122 e. The van der Waals surface area contributed by atoms with Crippen LogP contribution in [0.5, 0.6) is 0 Å². The monoisotopic (exact) mass is 223 g/mol. The van der Waals surface area contributed by atoms with Crippen molar-refractivity contribution in [3.63, 3.8) is 0 Å². The number of rotatable bonds is 4. The molecule has 1 N–H and O–H groups in total. The van der Waals surface area contributed by atoms with Crippen molar-refractivity contribution in [1.29, 1.82) is 5.26 Å². The second-order valence-corrected chi connectivity index (χ2v) is 5.21. The molecular formula is C13H21NO2. The molecule has 0 heterocycles. The quantitative estimate of drug-likeness (QED) is 0.744. The molecule has 0 aromatic rings. The summed E-state index contributed by atoms with van der Waals surface area (Å²) in [5.41, 5.74) is -1.91. The molecule has 90 valence electrons. The van der Waals surface area contributed by atoms with Gasteiger partial charge >= 0.3 is 0 Å². The van der Waals surface area contributed by atoms with Gasteiger partial charge in [-0.3, -0.25) is 0 Å². The van der Waals surface area contributed by atoms with Gasteiger partial charge in [0, 0.05) is 6.42 Å². The van der Waals surface area contributed by atoms with Crippen LogP contribution in [0, 0.1) is 22.7 Å². The normalized spacial score (nSPS) is 33.8. The predicted molar refractivity (Wildman–Crippen MR) is 61.6 cm³/mol. The van der Waals surface area contributed by atoms with Crippen LogP contribution < -0.4 is 0 Å². The maximum Gasteiger partial charge on any atom is 0.122 e. The van der Waals surface area contributed by atoms with E-state index in [0.29, 0.717) is 18.6 Å². The lowest BCUT2D eigenvalue weighted by Crippen LogP contribution is -2.48. The minimum Gasteiger partial charge on any atom is -0.388 e. The van der Waals surface area contributed by atoms with Crippen LogP contribution in [0.15, 0.2) is 0 Å². The second kappa shape index (κ2) is 4.97.